The van der Waals surface area contributed by atoms with E-state index in [1.54, 1.807) is 0 Å². The van der Waals surface area contributed by atoms with Gasteiger partial charge in [-0.15, -0.1) is 0 Å². The summed E-state index contributed by atoms with van der Waals surface area (Å²) in [7, 11) is 2.18. The van der Waals surface area contributed by atoms with Crippen LogP contribution >= 0.6 is 23.2 Å². The molecule has 4 heteroatoms. The van der Waals surface area contributed by atoms with Gasteiger partial charge >= 0.3 is 0 Å². The van der Waals surface area contributed by atoms with Crippen LogP contribution in [0.2, 0.25) is 0 Å². The van der Waals surface area contributed by atoms with E-state index >= 15 is 0 Å². The van der Waals surface area contributed by atoms with Crippen LogP contribution in [0.5, 0.6) is 0 Å². The van der Waals surface area contributed by atoms with Crippen molar-refractivity contribution in [3.05, 3.63) is 58.3 Å². The molecule has 2 aromatic carbocycles. The van der Waals surface area contributed by atoms with E-state index in [2.05, 4.69) is 61.3 Å². The van der Waals surface area contributed by atoms with Crippen LogP contribution in [0, 0.1) is 0 Å². The smallest absolute Gasteiger partial charge is 0.238 e. The first-order valence-corrected chi connectivity index (χ1v) is 10.4. The van der Waals surface area contributed by atoms with E-state index in [1.807, 2.05) is 0 Å². The molecule has 1 heterocycles. The van der Waals surface area contributed by atoms with Gasteiger partial charge in [0.25, 0.3) is 0 Å². The molecule has 26 heavy (non-hydrogen) atoms. The Kier molecular flexibility index (Phi) is 6.50. The molecule has 0 spiro atoms. The lowest BCUT2D eigenvalue weighted by atomic mass is 10.1. The zero-order chi connectivity index (χ0) is 18.6. The Morgan fingerprint density at radius 2 is 1.69 bits per heavy atom. The highest BCUT2D eigenvalue weighted by atomic mass is 35.5. The van der Waals surface area contributed by atoms with Gasteiger partial charge in [0.05, 0.1) is 7.05 Å². The zero-order valence-electron chi connectivity index (χ0n) is 15.8. The van der Waals surface area contributed by atoms with Gasteiger partial charge in [0.2, 0.25) is 5.16 Å². The fourth-order valence-corrected chi connectivity index (χ4v) is 4.36. The van der Waals surface area contributed by atoms with Crippen molar-refractivity contribution in [2.45, 2.75) is 45.6 Å². The minimum atomic E-state index is 0.647. The molecule has 0 bridgehead atoms. The molecule has 3 rings (SSSR count). The van der Waals surface area contributed by atoms with Crippen molar-refractivity contribution in [1.82, 2.24) is 4.90 Å². The van der Waals surface area contributed by atoms with Crippen LogP contribution < -0.4 is 0 Å². The van der Waals surface area contributed by atoms with Crippen molar-refractivity contribution in [1.29, 1.82) is 0 Å². The van der Waals surface area contributed by atoms with Crippen molar-refractivity contribution in [3.8, 4) is 0 Å². The molecule has 140 valence electrons. The number of halogens is 2. The summed E-state index contributed by atoms with van der Waals surface area (Å²) in [6.45, 7) is 4.93. The number of rotatable bonds is 8. The van der Waals surface area contributed by atoms with Gasteiger partial charge < -0.3 is 4.90 Å². The SMILES string of the molecule is CCCCCCCN1C[N+](C)(Cc2ccc3ccccc3c2)C(Cl)=C1Cl. The largest absolute Gasteiger partial charge is 0.309 e. The molecule has 0 saturated carbocycles. The van der Waals surface area contributed by atoms with Crippen molar-refractivity contribution in [2.75, 3.05) is 20.3 Å². The Morgan fingerprint density at radius 3 is 2.46 bits per heavy atom. The van der Waals surface area contributed by atoms with Crippen molar-refractivity contribution >= 4 is 34.0 Å². The van der Waals surface area contributed by atoms with Gasteiger partial charge in [-0.1, -0.05) is 80.6 Å². The van der Waals surface area contributed by atoms with E-state index in [0.717, 1.165) is 30.1 Å². The van der Waals surface area contributed by atoms with Crippen LogP contribution in [-0.4, -0.2) is 29.6 Å². The fourth-order valence-electron chi connectivity index (χ4n) is 3.79. The van der Waals surface area contributed by atoms with E-state index in [9.17, 15) is 0 Å². The monoisotopic (exact) mass is 391 g/mol. The number of hydrogen-bond acceptors (Lipinski definition) is 1. The molecule has 0 aromatic heterocycles. The van der Waals surface area contributed by atoms with Crippen molar-refractivity contribution in [2.24, 2.45) is 0 Å². The first-order chi connectivity index (χ1) is 12.5. The summed E-state index contributed by atoms with van der Waals surface area (Å²) < 4.78 is 0.647. The Labute approximate surface area is 167 Å². The van der Waals surface area contributed by atoms with Gasteiger partial charge in [0.1, 0.15) is 6.54 Å². The lowest BCUT2D eigenvalue weighted by Gasteiger charge is -2.30. The summed E-state index contributed by atoms with van der Waals surface area (Å²) in [5.74, 6) is 0. The maximum atomic E-state index is 6.67. The summed E-state index contributed by atoms with van der Waals surface area (Å²) in [6, 6.07) is 15.1. The Balaban J connectivity index is 1.66. The number of fused-ring (bicyclic) bond motifs is 1. The first-order valence-electron chi connectivity index (χ1n) is 9.66. The average molecular weight is 392 g/mol. The second-order valence-corrected chi connectivity index (χ2v) is 8.35. The quantitative estimate of drug-likeness (QED) is 0.277. The standard InChI is InChI=1S/C22H29Cl2N2/c1-3-4-5-6-9-14-25-17-26(2,22(24)21(25)23)16-18-12-13-19-10-7-8-11-20(19)15-18/h7-8,10-13,15H,3-6,9,14,16-17H2,1-2H3/q+1. The minimum Gasteiger partial charge on any atom is -0.309 e. The number of benzene rings is 2. The van der Waals surface area contributed by atoms with Crippen LogP contribution in [0.15, 0.2) is 52.8 Å². The molecule has 2 nitrogen and oxygen atoms in total. The molecule has 2 aromatic rings. The lowest BCUT2D eigenvalue weighted by molar-refractivity contribution is -0.881. The molecular formula is C22H29Cl2N2+. The number of nitrogens with zero attached hydrogens (tertiary/aromatic N) is 2. The third kappa shape index (κ3) is 4.36. The highest BCUT2D eigenvalue weighted by molar-refractivity contribution is 6.38. The number of unbranched alkanes of at least 4 members (excludes halogenated alkanes) is 4. The predicted octanol–water partition coefficient (Wildman–Crippen LogP) is 6.63. The number of quaternary nitrogens is 1. The molecule has 0 fully saturated rings. The van der Waals surface area contributed by atoms with Gasteiger partial charge in [-0.3, -0.25) is 4.48 Å². The molecule has 0 N–H and O–H groups in total. The topological polar surface area (TPSA) is 3.24 Å². The van der Waals surface area contributed by atoms with Gasteiger partial charge in [0.15, 0.2) is 11.8 Å². The van der Waals surface area contributed by atoms with Gasteiger partial charge in [-0.25, -0.2) is 0 Å². The maximum Gasteiger partial charge on any atom is 0.238 e. The van der Waals surface area contributed by atoms with E-state index in [4.69, 9.17) is 23.2 Å². The van der Waals surface area contributed by atoms with Crippen LogP contribution in [0.25, 0.3) is 10.8 Å². The Morgan fingerprint density at radius 1 is 0.962 bits per heavy atom. The molecule has 1 aliphatic heterocycles. The predicted molar refractivity (Wildman–Crippen MR) is 113 cm³/mol. The van der Waals surface area contributed by atoms with Crippen molar-refractivity contribution in [3.63, 3.8) is 0 Å². The van der Waals surface area contributed by atoms with E-state index < -0.39 is 0 Å². The highest BCUT2D eigenvalue weighted by Crippen LogP contribution is 2.37. The molecule has 0 radical (unpaired) electrons. The lowest BCUT2D eigenvalue weighted by Crippen LogP contribution is -2.42. The number of hydrogen-bond donors (Lipinski definition) is 0. The molecule has 1 unspecified atom stereocenters. The van der Waals surface area contributed by atoms with Crippen LogP contribution in [-0.2, 0) is 6.54 Å². The second kappa shape index (κ2) is 8.65. The summed E-state index contributed by atoms with van der Waals surface area (Å²) in [5, 5.41) is 4.03. The molecule has 1 atom stereocenters. The summed E-state index contributed by atoms with van der Waals surface area (Å²) in [4.78, 5) is 2.25. The summed E-state index contributed by atoms with van der Waals surface area (Å²) in [5.41, 5.74) is 1.29. The third-order valence-electron chi connectivity index (χ3n) is 5.28. The molecule has 0 amide bonds. The van der Waals surface area contributed by atoms with Crippen LogP contribution in [0.1, 0.15) is 44.6 Å². The van der Waals surface area contributed by atoms with Crippen molar-refractivity contribution < 1.29 is 4.48 Å². The van der Waals surface area contributed by atoms with E-state index in [0.29, 0.717) is 4.48 Å². The van der Waals surface area contributed by atoms with Crippen LogP contribution in [0.4, 0.5) is 0 Å². The maximum absolute atomic E-state index is 6.67. The first kappa shape index (κ1) is 19.5. The van der Waals surface area contributed by atoms with E-state index in [1.165, 1.54) is 48.4 Å². The highest BCUT2D eigenvalue weighted by Gasteiger charge is 2.40. The third-order valence-corrected chi connectivity index (χ3v) is 6.38. The average Bonchev–Trinajstić information content (AvgIpc) is 2.85. The molecular weight excluding hydrogens is 363 g/mol. The molecule has 0 saturated heterocycles. The fraction of sp³-hybridized carbons (Fsp3) is 0.455. The minimum absolute atomic E-state index is 0.647. The van der Waals surface area contributed by atoms with Gasteiger partial charge in [-0.2, -0.15) is 0 Å². The molecule has 1 aliphatic rings. The normalized spacial score (nSPS) is 20.4. The second-order valence-electron chi connectivity index (χ2n) is 7.64. The van der Waals surface area contributed by atoms with Gasteiger partial charge in [-0.05, 0) is 34.9 Å². The van der Waals surface area contributed by atoms with Crippen LogP contribution in [0.3, 0.4) is 0 Å². The van der Waals surface area contributed by atoms with Gasteiger partial charge in [0, 0.05) is 12.1 Å². The Bertz CT molecular complexity index is 787. The van der Waals surface area contributed by atoms with E-state index in [-0.39, 0.29) is 0 Å². The summed E-state index contributed by atoms with van der Waals surface area (Å²) in [6.07, 6.45) is 6.34. The molecule has 0 aliphatic carbocycles. The summed E-state index contributed by atoms with van der Waals surface area (Å²) >= 11 is 13.2. The Hall–Kier alpha value is -1.22. The zero-order valence-corrected chi connectivity index (χ0v) is 17.4.